The van der Waals surface area contributed by atoms with Gasteiger partial charge in [-0.05, 0) is 98.1 Å². The predicted octanol–water partition coefficient (Wildman–Crippen LogP) is 11.6. The van der Waals surface area contributed by atoms with Crippen molar-refractivity contribution in [2.24, 2.45) is 0 Å². The van der Waals surface area contributed by atoms with Crippen molar-refractivity contribution < 1.29 is 19.7 Å². The highest BCUT2D eigenvalue weighted by Gasteiger charge is 2.25. The minimum Gasteiger partial charge on any atom is -0.505 e. The fraction of sp³-hybridized carbons (Fsp3) is 0.125. The van der Waals surface area contributed by atoms with Gasteiger partial charge in [0.25, 0.3) is 0 Å². The van der Waals surface area contributed by atoms with Crippen molar-refractivity contribution in [3.05, 3.63) is 150 Å². The maximum absolute atomic E-state index is 12.4. The molecule has 9 aromatic rings. The molecule has 0 aliphatic heterocycles. The van der Waals surface area contributed by atoms with Crippen LogP contribution in [0.1, 0.15) is 16.7 Å². The third-order valence-corrected chi connectivity index (χ3v) is 10.5. The van der Waals surface area contributed by atoms with E-state index in [-0.39, 0.29) is 18.1 Å². The molecular formula is C48H40N2O4. The molecule has 0 bridgehead atoms. The fourth-order valence-electron chi connectivity index (χ4n) is 8.19. The lowest BCUT2D eigenvalue weighted by molar-refractivity contribution is 0.147. The second-order valence-electron chi connectivity index (χ2n) is 14.1. The van der Waals surface area contributed by atoms with Crippen LogP contribution < -0.4 is 4.74 Å². The summed E-state index contributed by atoms with van der Waals surface area (Å²) in [4.78, 5) is 0. The Morgan fingerprint density at radius 1 is 0.444 bits per heavy atom. The normalized spacial score (nSPS) is 11.7. The van der Waals surface area contributed by atoms with Crippen molar-refractivity contribution in [2.45, 2.75) is 20.8 Å². The van der Waals surface area contributed by atoms with Crippen molar-refractivity contribution in [3.63, 3.8) is 0 Å². The number of phenols is 2. The number of aryl methyl sites for hydroxylation is 3. The van der Waals surface area contributed by atoms with Crippen molar-refractivity contribution in [1.29, 1.82) is 0 Å². The van der Waals surface area contributed by atoms with Gasteiger partial charge in [0.2, 0.25) is 0 Å². The zero-order valence-corrected chi connectivity index (χ0v) is 30.7. The van der Waals surface area contributed by atoms with E-state index in [1.54, 1.807) is 7.11 Å². The fourth-order valence-corrected chi connectivity index (χ4v) is 8.19. The first-order valence-corrected chi connectivity index (χ1v) is 18.3. The highest BCUT2D eigenvalue weighted by Crippen LogP contribution is 2.49. The third-order valence-electron chi connectivity index (χ3n) is 10.5. The summed E-state index contributed by atoms with van der Waals surface area (Å²) in [7, 11) is 1.65. The zero-order valence-electron chi connectivity index (χ0n) is 30.7. The lowest BCUT2D eigenvalue weighted by atomic mass is 9.91. The largest absolute Gasteiger partial charge is 0.505 e. The molecule has 0 fully saturated rings. The van der Waals surface area contributed by atoms with Crippen LogP contribution in [0.5, 0.6) is 17.2 Å². The van der Waals surface area contributed by atoms with Gasteiger partial charge < -0.3 is 28.8 Å². The number of rotatable bonds is 8. The Hall–Kier alpha value is -6.50. The molecule has 0 amide bonds. The van der Waals surface area contributed by atoms with E-state index < -0.39 is 0 Å². The average molecular weight is 709 g/mol. The first kappa shape index (κ1) is 33.3. The van der Waals surface area contributed by atoms with Gasteiger partial charge in [-0.3, -0.25) is 0 Å². The number of nitrogens with zero attached hydrogens (tertiary/aromatic N) is 2. The molecule has 7 aromatic carbocycles. The molecular weight excluding hydrogens is 669 g/mol. The topological polar surface area (TPSA) is 68.8 Å². The molecule has 0 aliphatic carbocycles. The number of aromatic nitrogens is 2. The van der Waals surface area contributed by atoms with Gasteiger partial charge in [-0.2, -0.15) is 0 Å². The molecule has 266 valence electrons. The third kappa shape index (κ3) is 5.29. The van der Waals surface area contributed by atoms with E-state index in [0.717, 1.165) is 71.4 Å². The second-order valence-corrected chi connectivity index (χ2v) is 14.1. The molecule has 0 radical (unpaired) electrons. The molecule has 2 aromatic heterocycles. The van der Waals surface area contributed by atoms with Gasteiger partial charge in [0.05, 0.1) is 40.0 Å². The van der Waals surface area contributed by atoms with Crippen molar-refractivity contribution in [2.75, 3.05) is 20.3 Å². The van der Waals surface area contributed by atoms with Crippen LogP contribution in [0, 0.1) is 20.8 Å². The van der Waals surface area contributed by atoms with E-state index in [1.807, 2.05) is 93.6 Å². The number of phenolic OH excluding ortho intramolecular Hbond substituents is 2. The summed E-state index contributed by atoms with van der Waals surface area (Å²) in [5, 5.41) is 29.3. The van der Waals surface area contributed by atoms with Crippen LogP contribution in [-0.4, -0.2) is 39.7 Å². The van der Waals surface area contributed by atoms with Crippen LogP contribution >= 0.6 is 0 Å². The van der Waals surface area contributed by atoms with Crippen LogP contribution in [0.15, 0.2) is 133 Å². The van der Waals surface area contributed by atoms with Gasteiger partial charge in [-0.25, -0.2) is 0 Å². The monoisotopic (exact) mass is 708 g/mol. The molecule has 6 heteroatoms. The number of hydrogen-bond donors (Lipinski definition) is 2. The standard InChI is InChI=1S/C48H40N2O4/c1-29-25-38(36-23-30(2)27-44(46(36)51)49-40-17-9-5-13-32(40)33-14-6-10-18-41(33)49)48(54-22-21-53-4)39(26-29)37-24-31(3)28-45(47(37)52)50-42-19-11-7-15-34(42)35-16-8-12-20-43(35)50/h5-20,23-28,51-52H,21-22H2,1-4H3. The number of para-hydroxylation sites is 4. The maximum atomic E-state index is 12.4. The number of aromatic hydroxyl groups is 2. The van der Waals surface area contributed by atoms with Gasteiger partial charge in [0, 0.05) is 50.9 Å². The van der Waals surface area contributed by atoms with Crippen LogP contribution in [0.25, 0.3) is 77.2 Å². The highest BCUT2D eigenvalue weighted by molar-refractivity contribution is 6.11. The van der Waals surface area contributed by atoms with E-state index in [2.05, 4.69) is 69.8 Å². The summed E-state index contributed by atoms with van der Waals surface area (Å²) in [5.41, 5.74) is 11.0. The van der Waals surface area contributed by atoms with Crippen molar-refractivity contribution in [1.82, 2.24) is 9.13 Å². The minimum absolute atomic E-state index is 0.139. The quantitative estimate of drug-likeness (QED) is 0.154. The minimum atomic E-state index is 0.139. The van der Waals surface area contributed by atoms with E-state index >= 15 is 0 Å². The average Bonchev–Trinajstić information content (AvgIpc) is 3.70. The van der Waals surface area contributed by atoms with Gasteiger partial charge in [0.15, 0.2) is 0 Å². The summed E-state index contributed by atoms with van der Waals surface area (Å²) in [6, 6.07) is 45.4. The van der Waals surface area contributed by atoms with Crippen LogP contribution in [0.3, 0.4) is 0 Å². The Labute approximate surface area is 313 Å². The number of hydrogen-bond acceptors (Lipinski definition) is 4. The van der Waals surface area contributed by atoms with Gasteiger partial charge in [0.1, 0.15) is 23.9 Å². The summed E-state index contributed by atoms with van der Waals surface area (Å²) in [6.07, 6.45) is 0. The van der Waals surface area contributed by atoms with E-state index in [0.29, 0.717) is 34.9 Å². The Balaban J connectivity index is 1.30. The first-order chi connectivity index (χ1) is 26.3. The van der Waals surface area contributed by atoms with Crippen molar-refractivity contribution in [3.8, 4) is 50.9 Å². The Kier molecular flexibility index (Phi) is 8.13. The molecule has 2 heterocycles. The summed E-state index contributed by atoms with van der Waals surface area (Å²) in [5.74, 6) is 0.833. The summed E-state index contributed by atoms with van der Waals surface area (Å²) in [6.45, 7) is 6.77. The zero-order chi connectivity index (χ0) is 37.1. The summed E-state index contributed by atoms with van der Waals surface area (Å²) < 4.78 is 16.4. The first-order valence-electron chi connectivity index (χ1n) is 18.3. The number of ether oxygens (including phenoxy) is 2. The van der Waals surface area contributed by atoms with E-state index in [4.69, 9.17) is 9.47 Å². The molecule has 0 aliphatic rings. The van der Waals surface area contributed by atoms with Crippen LogP contribution in [-0.2, 0) is 4.74 Å². The highest BCUT2D eigenvalue weighted by atomic mass is 16.5. The maximum Gasteiger partial charge on any atom is 0.147 e. The molecule has 0 spiro atoms. The molecule has 0 atom stereocenters. The molecule has 0 saturated carbocycles. The predicted molar refractivity (Wildman–Crippen MR) is 221 cm³/mol. The molecule has 2 N–H and O–H groups in total. The van der Waals surface area contributed by atoms with Crippen molar-refractivity contribution >= 4 is 43.6 Å². The molecule has 0 saturated heterocycles. The van der Waals surface area contributed by atoms with Crippen LogP contribution in [0.4, 0.5) is 0 Å². The van der Waals surface area contributed by atoms with Gasteiger partial charge in [-0.15, -0.1) is 0 Å². The van der Waals surface area contributed by atoms with E-state index in [9.17, 15) is 10.2 Å². The number of benzene rings is 7. The Morgan fingerprint density at radius 3 is 1.15 bits per heavy atom. The molecule has 6 nitrogen and oxygen atoms in total. The lowest BCUT2D eigenvalue weighted by Gasteiger charge is -2.22. The van der Waals surface area contributed by atoms with Crippen LogP contribution in [0.2, 0.25) is 0 Å². The number of methoxy groups -OCH3 is 1. The van der Waals surface area contributed by atoms with Gasteiger partial charge in [-0.1, -0.05) is 72.8 Å². The second kappa shape index (κ2) is 13.2. The SMILES string of the molecule is COCCOc1c(-c2cc(C)cc(-n3c4ccccc4c4ccccc43)c2O)cc(C)cc1-c1cc(C)cc(-n2c3ccccc3c3ccccc32)c1O. The lowest BCUT2D eigenvalue weighted by Crippen LogP contribution is -2.07. The molecule has 9 rings (SSSR count). The van der Waals surface area contributed by atoms with E-state index in [1.165, 1.54) is 0 Å². The van der Waals surface area contributed by atoms with Gasteiger partial charge >= 0.3 is 0 Å². The smallest absolute Gasteiger partial charge is 0.147 e. The molecule has 54 heavy (non-hydrogen) atoms. The Morgan fingerprint density at radius 2 is 0.778 bits per heavy atom. The number of fused-ring (bicyclic) bond motifs is 6. The summed E-state index contributed by atoms with van der Waals surface area (Å²) >= 11 is 0. The Bertz CT molecular complexity index is 2620. The molecule has 0 unspecified atom stereocenters.